The molecule has 0 radical (unpaired) electrons. The molecule has 0 bridgehead atoms. The van der Waals surface area contributed by atoms with Gasteiger partial charge in [-0.1, -0.05) is 42.5 Å². The SMILES string of the molecule is N#CCCNC(=O)COC(=O)c1ccccc1-c1ncc(-c2ccccc2)o1. The molecule has 0 fully saturated rings. The van der Waals surface area contributed by atoms with Crippen molar-refractivity contribution < 1.29 is 18.7 Å². The van der Waals surface area contributed by atoms with Crippen molar-refractivity contribution in [2.45, 2.75) is 6.42 Å². The Kier molecular flexibility index (Phi) is 6.16. The predicted octanol–water partition coefficient (Wildman–Crippen LogP) is 3.20. The second-order valence-corrected chi connectivity index (χ2v) is 5.78. The molecule has 3 aromatic rings. The Hall–Kier alpha value is -3.92. The van der Waals surface area contributed by atoms with Gasteiger partial charge in [-0.2, -0.15) is 5.26 Å². The molecule has 0 spiro atoms. The number of carbonyl (C=O) groups is 2. The van der Waals surface area contributed by atoms with E-state index in [-0.39, 0.29) is 24.4 Å². The topological polar surface area (TPSA) is 105 Å². The third-order valence-electron chi connectivity index (χ3n) is 3.83. The molecule has 140 valence electrons. The van der Waals surface area contributed by atoms with Crippen molar-refractivity contribution in [3.05, 3.63) is 66.4 Å². The van der Waals surface area contributed by atoms with Crippen molar-refractivity contribution in [2.24, 2.45) is 0 Å². The van der Waals surface area contributed by atoms with Crippen molar-refractivity contribution in [1.82, 2.24) is 10.3 Å². The number of hydrogen-bond acceptors (Lipinski definition) is 6. The first-order chi connectivity index (χ1) is 13.7. The normalized spacial score (nSPS) is 10.1. The Morgan fingerprint density at radius 1 is 1.11 bits per heavy atom. The zero-order valence-corrected chi connectivity index (χ0v) is 14.9. The number of aromatic nitrogens is 1. The Morgan fingerprint density at radius 2 is 1.86 bits per heavy atom. The summed E-state index contributed by atoms with van der Waals surface area (Å²) in [6.07, 6.45) is 1.78. The van der Waals surface area contributed by atoms with E-state index >= 15 is 0 Å². The average Bonchev–Trinajstić information content (AvgIpc) is 3.23. The standard InChI is InChI=1S/C21H17N3O4/c22-11-6-12-23-19(25)14-27-21(26)17-10-5-4-9-16(17)20-24-13-18(28-20)15-7-2-1-3-8-15/h1-5,7-10,13H,6,12,14H2,(H,23,25). The molecule has 7 heteroatoms. The first-order valence-electron chi connectivity index (χ1n) is 8.60. The summed E-state index contributed by atoms with van der Waals surface area (Å²) in [5.74, 6) is -0.269. The molecule has 0 saturated carbocycles. The largest absolute Gasteiger partial charge is 0.452 e. The van der Waals surface area contributed by atoms with Gasteiger partial charge in [0, 0.05) is 12.1 Å². The third-order valence-corrected chi connectivity index (χ3v) is 3.83. The second kappa shape index (κ2) is 9.14. The van der Waals surface area contributed by atoms with E-state index in [1.54, 1.807) is 30.5 Å². The molecule has 0 aliphatic carbocycles. The average molecular weight is 375 g/mol. The number of benzene rings is 2. The lowest BCUT2D eigenvalue weighted by Crippen LogP contribution is -2.29. The number of oxazole rings is 1. The van der Waals surface area contributed by atoms with Gasteiger partial charge in [-0.15, -0.1) is 0 Å². The van der Waals surface area contributed by atoms with Gasteiger partial charge in [-0.3, -0.25) is 4.79 Å². The zero-order valence-electron chi connectivity index (χ0n) is 14.9. The monoisotopic (exact) mass is 375 g/mol. The molecule has 1 amide bonds. The van der Waals surface area contributed by atoms with Crippen LogP contribution in [0.2, 0.25) is 0 Å². The van der Waals surface area contributed by atoms with Crippen LogP contribution in [0.15, 0.2) is 65.2 Å². The van der Waals surface area contributed by atoms with Crippen molar-refractivity contribution in [3.8, 4) is 28.8 Å². The maximum atomic E-state index is 12.4. The Balaban J connectivity index is 1.73. The minimum Gasteiger partial charge on any atom is -0.452 e. The van der Waals surface area contributed by atoms with Crippen LogP contribution in [0, 0.1) is 11.3 Å². The first kappa shape index (κ1) is 18.9. The molecule has 1 N–H and O–H groups in total. The van der Waals surface area contributed by atoms with Crippen molar-refractivity contribution in [2.75, 3.05) is 13.2 Å². The van der Waals surface area contributed by atoms with E-state index in [1.807, 2.05) is 36.4 Å². The highest BCUT2D eigenvalue weighted by Gasteiger charge is 2.18. The van der Waals surface area contributed by atoms with Crippen LogP contribution < -0.4 is 5.32 Å². The summed E-state index contributed by atoms with van der Waals surface area (Å²) in [7, 11) is 0. The fourth-order valence-corrected chi connectivity index (χ4v) is 2.50. The summed E-state index contributed by atoms with van der Waals surface area (Å²) < 4.78 is 10.9. The molecule has 1 heterocycles. The third kappa shape index (κ3) is 4.62. The van der Waals surface area contributed by atoms with Crippen molar-refractivity contribution >= 4 is 11.9 Å². The smallest absolute Gasteiger partial charge is 0.339 e. The van der Waals surface area contributed by atoms with Crippen LogP contribution in [0.25, 0.3) is 22.8 Å². The second-order valence-electron chi connectivity index (χ2n) is 5.78. The molecular formula is C21H17N3O4. The molecule has 0 aliphatic heterocycles. The minimum absolute atomic E-state index is 0.191. The van der Waals surface area contributed by atoms with Crippen LogP contribution in [-0.2, 0) is 9.53 Å². The number of ether oxygens (including phenoxy) is 1. The summed E-state index contributed by atoms with van der Waals surface area (Å²) in [5, 5.41) is 10.9. The molecule has 28 heavy (non-hydrogen) atoms. The maximum Gasteiger partial charge on any atom is 0.339 e. The van der Waals surface area contributed by atoms with Gasteiger partial charge in [0.2, 0.25) is 5.89 Å². The van der Waals surface area contributed by atoms with Gasteiger partial charge >= 0.3 is 5.97 Å². The quantitative estimate of drug-likeness (QED) is 0.502. The predicted molar refractivity (Wildman–Crippen MR) is 101 cm³/mol. The number of nitrogens with one attached hydrogen (secondary N) is 1. The van der Waals surface area contributed by atoms with Crippen molar-refractivity contribution in [3.63, 3.8) is 0 Å². The molecular weight excluding hydrogens is 358 g/mol. The van der Waals surface area contributed by atoms with Gasteiger partial charge in [0.1, 0.15) is 0 Å². The number of rotatable bonds is 7. The number of carbonyl (C=O) groups excluding carboxylic acids is 2. The van der Waals surface area contributed by atoms with Crippen LogP contribution in [0.4, 0.5) is 0 Å². The number of esters is 1. The van der Waals surface area contributed by atoms with Gasteiger partial charge in [0.15, 0.2) is 12.4 Å². The Labute approximate surface area is 161 Å². The zero-order chi connectivity index (χ0) is 19.8. The molecule has 2 aromatic carbocycles. The molecule has 0 saturated heterocycles. The van der Waals surface area contributed by atoms with E-state index in [2.05, 4.69) is 10.3 Å². The van der Waals surface area contributed by atoms with E-state index in [4.69, 9.17) is 14.4 Å². The van der Waals surface area contributed by atoms with Crippen LogP contribution in [0.3, 0.4) is 0 Å². The van der Waals surface area contributed by atoms with Crippen LogP contribution in [-0.4, -0.2) is 30.0 Å². The van der Waals surface area contributed by atoms with E-state index < -0.39 is 18.5 Å². The summed E-state index contributed by atoms with van der Waals surface area (Å²) >= 11 is 0. The number of nitriles is 1. The van der Waals surface area contributed by atoms with Gasteiger partial charge in [0.05, 0.1) is 29.8 Å². The van der Waals surface area contributed by atoms with Crippen LogP contribution in [0.5, 0.6) is 0 Å². The summed E-state index contributed by atoms with van der Waals surface area (Å²) in [6.45, 7) is -0.221. The first-order valence-corrected chi connectivity index (χ1v) is 8.60. The summed E-state index contributed by atoms with van der Waals surface area (Å²) in [6, 6.07) is 18.1. The van der Waals surface area contributed by atoms with Crippen LogP contribution in [0.1, 0.15) is 16.8 Å². The molecule has 0 unspecified atom stereocenters. The molecule has 0 aliphatic rings. The number of hydrogen-bond donors (Lipinski definition) is 1. The van der Waals surface area contributed by atoms with E-state index in [0.29, 0.717) is 11.3 Å². The lowest BCUT2D eigenvalue weighted by molar-refractivity contribution is -0.124. The Bertz CT molecular complexity index is 1010. The maximum absolute atomic E-state index is 12.4. The van der Waals surface area contributed by atoms with E-state index in [9.17, 15) is 9.59 Å². The molecule has 3 rings (SSSR count). The highest BCUT2D eigenvalue weighted by molar-refractivity contribution is 5.97. The van der Waals surface area contributed by atoms with Gasteiger partial charge in [0.25, 0.3) is 5.91 Å². The lowest BCUT2D eigenvalue weighted by atomic mass is 10.1. The van der Waals surface area contributed by atoms with Gasteiger partial charge in [-0.05, 0) is 12.1 Å². The fourth-order valence-electron chi connectivity index (χ4n) is 2.50. The number of amides is 1. The fraction of sp³-hybridized carbons (Fsp3) is 0.143. The van der Waals surface area contributed by atoms with Gasteiger partial charge < -0.3 is 14.5 Å². The molecule has 0 atom stereocenters. The van der Waals surface area contributed by atoms with E-state index in [1.165, 1.54) is 0 Å². The lowest BCUT2D eigenvalue weighted by Gasteiger charge is -2.08. The van der Waals surface area contributed by atoms with Crippen LogP contribution >= 0.6 is 0 Å². The highest BCUT2D eigenvalue weighted by Crippen LogP contribution is 2.28. The molecule has 7 nitrogen and oxygen atoms in total. The van der Waals surface area contributed by atoms with E-state index in [0.717, 1.165) is 5.56 Å². The van der Waals surface area contributed by atoms with Gasteiger partial charge in [-0.25, -0.2) is 9.78 Å². The molecule has 1 aromatic heterocycles. The Morgan fingerprint density at radius 3 is 2.64 bits per heavy atom. The minimum atomic E-state index is -0.662. The number of nitrogens with zero attached hydrogens (tertiary/aromatic N) is 2. The highest BCUT2D eigenvalue weighted by atomic mass is 16.5. The van der Waals surface area contributed by atoms with Crippen molar-refractivity contribution in [1.29, 1.82) is 5.26 Å². The summed E-state index contributed by atoms with van der Waals surface area (Å²) in [4.78, 5) is 28.3. The summed E-state index contributed by atoms with van der Waals surface area (Å²) in [5.41, 5.74) is 1.59.